The van der Waals surface area contributed by atoms with Gasteiger partial charge in [0.2, 0.25) is 5.91 Å². The molecule has 0 aliphatic carbocycles. The first-order chi connectivity index (χ1) is 18.5. The van der Waals surface area contributed by atoms with Crippen LogP contribution in [0.1, 0.15) is 17.7 Å². The predicted molar refractivity (Wildman–Crippen MR) is 143 cm³/mol. The maximum Gasteiger partial charge on any atom is 0.322 e. The third-order valence-corrected chi connectivity index (χ3v) is 6.58. The number of urea groups is 1. The standard InChI is InChI=1S/C28H32ClFN4O4/c29-25-18-23(9-10-26(25)30)31-28(36)33(12-5-11-32-13-16-37-17-14-32)21-27(35)34(20-24-8-4-15-38-24)19-22-6-2-1-3-7-22/h1-4,6-10,15,18H,5,11-14,16-17,19-21H2,(H,31,36). The van der Waals surface area contributed by atoms with E-state index in [0.717, 1.165) is 25.2 Å². The molecule has 3 aromatic rings. The van der Waals surface area contributed by atoms with E-state index >= 15 is 0 Å². The van der Waals surface area contributed by atoms with Gasteiger partial charge in [0.25, 0.3) is 0 Å². The molecule has 10 heteroatoms. The Morgan fingerprint density at radius 2 is 1.79 bits per heavy atom. The molecule has 38 heavy (non-hydrogen) atoms. The molecular weight excluding hydrogens is 511 g/mol. The van der Waals surface area contributed by atoms with E-state index in [1.54, 1.807) is 17.2 Å². The summed E-state index contributed by atoms with van der Waals surface area (Å²) in [7, 11) is 0. The highest BCUT2D eigenvalue weighted by molar-refractivity contribution is 6.31. The molecule has 8 nitrogen and oxygen atoms in total. The molecule has 4 rings (SSSR count). The fourth-order valence-corrected chi connectivity index (χ4v) is 4.41. The highest BCUT2D eigenvalue weighted by Gasteiger charge is 2.23. The van der Waals surface area contributed by atoms with Crippen LogP contribution in [-0.4, -0.2) is 72.6 Å². The molecule has 1 saturated heterocycles. The number of amides is 3. The van der Waals surface area contributed by atoms with Gasteiger partial charge in [0.05, 0.1) is 31.0 Å². The molecule has 1 fully saturated rings. The van der Waals surface area contributed by atoms with Crippen LogP contribution >= 0.6 is 11.6 Å². The Labute approximate surface area is 226 Å². The molecule has 2 heterocycles. The largest absolute Gasteiger partial charge is 0.467 e. The molecule has 0 unspecified atom stereocenters. The van der Waals surface area contributed by atoms with E-state index in [2.05, 4.69) is 10.2 Å². The minimum atomic E-state index is -0.573. The maximum absolute atomic E-state index is 13.6. The van der Waals surface area contributed by atoms with E-state index in [4.69, 9.17) is 20.8 Å². The molecule has 3 amide bonds. The van der Waals surface area contributed by atoms with E-state index in [1.165, 1.54) is 23.1 Å². The molecule has 1 aliphatic rings. The fraction of sp³-hybridized carbons (Fsp3) is 0.357. The highest BCUT2D eigenvalue weighted by Crippen LogP contribution is 2.20. The summed E-state index contributed by atoms with van der Waals surface area (Å²) in [5.41, 5.74) is 1.32. The Hall–Kier alpha value is -3.40. The quantitative estimate of drug-likeness (QED) is 0.374. The normalized spacial score (nSPS) is 13.7. The van der Waals surface area contributed by atoms with Crippen molar-refractivity contribution in [3.8, 4) is 0 Å². The Morgan fingerprint density at radius 3 is 2.50 bits per heavy atom. The SMILES string of the molecule is O=C(CN(CCCN1CCOCC1)C(=O)Nc1ccc(F)c(Cl)c1)N(Cc1ccccc1)Cc1ccco1. The summed E-state index contributed by atoms with van der Waals surface area (Å²) in [5, 5.41) is 2.66. The maximum atomic E-state index is 13.6. The lowest BCUT2D eigenvalue weighted by atomic mass is 10.2. The van der Waals surface area contributed by atoms with Gasteiger partial charge in [-0.15, -0.1) is 0 Å². The van der Waals surface area contributed by atoms with Gasteiger partial charge in [-0.25, -0.2) is 9.18 Å². The van der Waals surface area contributed by atoms with Crippen LogP contribution in [0.4, 0.5) is 14.9 Å². The van der Waals surface area contributed by atoms with Crippen molar-refractivity contribution in [3.63, 3.8) is 0 Å². The van der Waals surface area contributed by atoms with Gasteiger partial charge in [-0.1, -0.05) is 41.9 Å². The highest BCUT2D eigenvalue weighted by atomic mass is 35.5. The molecule has 0 radical (unpaired) electrons. The predicted octanol–water partition coefficient (Wildman–Crippen LogP) is 4.86. The van der Waals surface area contributed by atoms with E-state index in [1.807, 2.05) is 36.4 Å². The third-order valence-electron chi connectivity index (χ3n) is 6.29. The van der Waals surface area contributed by atoms with Crippen molar-refractivity contribution in [1.82, 2.24) is 14.7 Å². The Morgan fingerprint density at radius 1 is 1.00 bits per heavy atom. The first kappa shape index (κ1) is 27.6. The van der Waals surface area contributed by atoms with Crippen molar-refractivity contribution < 1.29 is 23.1 Å². The van der Waals surface area contributed by atoms with Crippen molar-refractivity contribution in [1.29, 1.82) is 0 Å². The molecule has 0 saturated carbocycles. The summed E-state index contributed by atoms with van der Waals surface area (Å²) in [6.07, 6.45) is 2.25. The number of nitrogens with zero attached hydrogens (tertiary/aromatic N) is 3. The number of morpholine rings is 1. The third kappa shape index (κ3) is 8.31. The van der Waals surface area contributed by atoms with Crippen molar-refractivity contribution in [2.75, 3.05) is 51.3 Å². The molecule has 1 aromatic heterocycles. The average Bonchev–Trinajstić information content (AvgIpc) is 3.44. The molecule has 0 spiro atoms. The second-order valence-corrected chi connectivity index (χ2v) is 9.51. The number of carbonyl (C=O) groups excluding carboxylic acids is 2. The van der Waals surface area contributed by atoms with Crippen LogP contribution in [0.15, 0.2) is 71.3 Å². The van der Waals surface area contributed by atoms with E-state index in [-0.39, 0.29) is 24.0 Å². The Balaban J connectivity index is 1.46. The molecule has 1 aliphatic heterocycles. The molecule has 0 atom stereocenters. The summed E-state index contributed by atoms with van der Waals surface area (Å²) in [6, 6.07) is 16.8. The zero-order valence-electron chi connectivity index (χ0n) is 21.2. The first-order valence-electron chi connectivity index (χ1n) is 12.6. The van der Waals surface area contributed by atoms with Crippen molar-refractivity contribution in [3.05, 3.63) is 89.1 Å². The lowest BCUT2D eigenvalue weighted by Crippen LogP contribution is -2.45. The van der Waals surface area contributed by atoms with Crippen molar-refractivity contribution in [2.45, 2.75) is 19.5 Å². The number of furan rings is 1. The van der Waals surface area contributed by atoms with E-state index in [0.29, 0.717) is 44.2 Å². The number of hydrogen-bond acceptors (Lipinski definition) is 5. The van der Waals surface area contributed by atoms with Gasteiger partial charge < -0.3 is 24.3 Å². The van der Waals surface area contributed by atoms with Crippen LogP contribution in [-0.2, 0) is 22.6 Å². The van der Waals surface area contributed by atoms with Crippen LogP contribution in [0.25, 0.3) is 0 Å². The van der Waals surface area contributed by atoms with E-state index < -0.39 is 11.8 Å². The zero-order valence-corrected chi connectivity index (χ0v) is 21.9. The van der Waals surface area contributed by atoms with Crippen LogP contribution in [0, 0.1) is 5.82 Å². The Kier molecular flexibility index (Phi) is 10.1. The molecular formula is C28H32ClFN4O4. The number of ether oxygens (including phenoxy) is 1. The molecule has 202 valence electrons. The van der Waals surface area contributed by atoms with Gasteiger partial charge >= 0.3 is 6.03 Å². The summed E-state index contributed by atoms with van der Waals surface area (Å²) < 4.78 is 24.5. The number of hydrogen-bond donors (Lipinski definition) is 1. The van der Waals surface area contributed by atoms with Crippen LogP contribution in [0.2, 0.25) is 5.02 Å². The zero-order chi connectivity index (χ0) is 26.7. The van der Waals surface area contributed by atoms with Crippen LogP contribution < -0.4 is 5.32 Å². The second kappa shape index (κ2) is 13.9. The lowest BCUT2D eigenvalue weighted by Gasteiger charge is -2.30. The van der Waals surface area contributed by atoms with Crippen molar-refractivity contribution in [2.24, 2.45) is 0 Å². The van der Waals surface area contributed by atoms with Gasteiger partial charge in [-0.3, -0.25) is 9.69 Å². The monoisotopic (exact) mass is 542 g/mol. The summed E-state index contributed by atoms with van der Waals surface area (Å²) in [6.45, 7) is 4.73. The number of halogens is 2. The summed E-state index contributed by atoms with van der Waals surface area (Å²) in [4.78, 5) is 32.3. The average molecular weight is 543 g/mol. The topological polar surface area (TPSA) is 78.3 Å². The summed E-state index contributed by atoms with van der Waals surface area (Å²) in [5.74, 6) is -0.140. The van der Waals surface area contributed by atoms with Crippen molar-refractivity contribution >= 4 is 29.2 Å². The van der Waals surface area contributed by atoms with Crippen LogP contribution in [0.5, 0.6) is 0 Å². The lowest BCUT2D eigenvalue weighted by molar-refractivity contribution is -0.133. The van der Waals surface area contributed by atoms with Gasteiger partial charge in [-0.2, -0.15) is 0 Å². The first-order valence-corrected chi connectivity index (χ1v) is 13.0. The number of anilines is 1. The molecule has 2 aromatic carbocycles. The minimum Gasteiger partial charge on any atom is -0.467 e. The van der Waals surface area contributed by atoms with Crippen LogP contribution in [0.3, 0.4) is 0 Å². The second-order valence-electron chi connectivity index (χ2n) is 9.10. The molecule has 1 N–H and O–H groups in total. The summed E-state index contributed by atoms with van der Waals surface area (Å²) >= 11 is 5.89. The van der Waals surface area contributed by atoms with Gasteiger partial charge in [0, 0.05) is 38.4 Å². The Bertz CT molecular complexity index is 1170. The van der Waals surface area contributed by atoms with Gasteiger partial charge in [0.1, 0.15) is 18.1 Å². The van der Waals surface area contributed by atoms with Gasteiger partial charge in [-0.05, 0) is 42.3 Å². The van der Waals surface area contributed by atoms with Gasteiger partial charge in [0.15, 0.2) is 0 Å². The number of benzene rings is 2. The smallest absolute Gasteiger partial charge is 0.322 e. The number of rotatable bonds is 11. The molecule has 0 bridgehead atoms. The van der Waals surface area contributed by atoms with E-state index in [9.17, 15) is 14.0 Å². The number of nitrogens with one attached hydrogen (secondary N) is 1. The fourth-order valence-electron chi connectivity index (χ4n) is 4.23. The minimum absolute atomic E-state index is 0.0924. The number of carbonyl (C=O) groups is 2.